The van der Waals surface area contributed by atoms with Crippen LogP contribution in [0.15, 0.2) is 50.5 Å². The highest BCUT2D eigenvalue weighted by atomic mass is 16.5. The van der Waals surface area contributed by atoms with Gasteiger partial charge >= 0.3 is 0 Å². The molecule has 0 atom stereocenters. The van der Waals surface area contributed by atoms with Gasteiger partial charge in [0.05, 0.1) is 0 Å². The van der Waals surface area contributed by atoms with Crippen LogP contribution in [0.2, 0.25) is 0 Å². The lowest BCUT2D eigenvalue weighted by atomic mass is 10.1. The van der Waals surface area contributed by atoms with E-state index in [1.807, 2.05) is 24.3 Å². The van der Waals surface area contributed by atoms with Gasteiger partial charge in [-0.25, -0.2) is 4.98 Å². The monoisotopic (exact) mass is 308 g/mol. The van der Waals surface area contributed by atoms with Crippen molar-refractivity contribution in [2.45, 2.75) is 6.92 Å². The Balaban J connectivity index is 1.90. The molecule has 0 spiro atoms. The van der Waals surface area contributed by atoms with Crippen LogP contribution in [0.3, 0.4) is 0 Å². The fraction of sp³-hybridized carbons (Fsp3) is 0.125. The third-order valence-electron chi connectivity index (χ3n) is 3.75. The number of hydrogen-bond donors (Lipinski definition) is 0. The van der Waals surface area contributed by atoms with Crippen molar-refractivity contribution in [3.05, 3.63) is 52.8 Å². The maximum absolute atomic E-state index is 12.5. The fourth-order valence-electron chi connectivity index (χ4n) is 2.50. The predicted molar refractivity (Wildman–Crippen MR) is 82.7 cm³/mol. The highest BCUT2D eigenvalue weighted by Gasteiger charge is 2.18. The Kier molecular flexibility index (Phi) is 2.87. The summed E-state index contributed by atoms with van der Waals surface area (Å²) in [6.07, 6.45) is 1.33. The average molecular weight is 308 g/mol. The molecule has 7 heteroatoms. The van der Waals surface area contributed by atoms with Crippen LogP contribution in [0, 0.1) is 6.92 Å². The minimum absolute atomic E-state index is 0.115. The third-order valence-corrected chi connectivity index (χ3v) is 3.75. The molecule has 4 aromatic rings. The summed E-state index contributed by atoms with van der Waals surface area (Å²) in [7, 11) is 1.68. The number of nitrogens with zero attached hydrogens (tertiary/aromatic N) is 4. The number of hydrogen-bond acceptors (Lipinski definition) is 6. The van der Waals surface area contributed by atoms with Crippen LogP contribution < -0.4 is 5.56 Å². The minimum Gasteiger partial charge on any atom is -0.448 e. The molecule has 0 aliphatic carbocycles. The Morgan fingerprint density at radius 2 is 2.04 bits per heavy atom. The Hall–Kier alpha value is -3.22. The standard InChI is InChI=1S/C16H12N4O3/c1-9-13(17-8-22-9)14-18-15(23-19-14)12-7-10-5-3-4-6-11(10)16(21)20(12)2/h3-8H,1-2H3. The van der Waals surface area contributed by atoms with E-state index in [0.29, 0.717) is 28.4 Å². The molecule has 3 aromatic heterocycles. The molecule has 0 saturated carbocycles. The quantitative estimate of drug-likeness (QED) is 0.565. The van der Waals surface area contributed by atoms with Crippen LogP contribution in [-0.4, -0.2) is 19.7 Å². The molecule has 7 nitrogen and oxygen atoms in total. The average Bonchev–Trinajstić information content (AvgIpc) is 3.19. The second-order valence-corrected chi connectivity index (χ2v) is 5.16. The molecule has 1 aromatic carbocycles. The molecule has 0 aliphatic rings. The van der Waals surface area contributed by atoms with Crippen LogP contribution in [-0.2, 0) is 7.05 Å². The highest BCUT2D eigenvalue weighted by molar-refractivity contribution is 5.84. The van der Waals surface area contributed by atoms with E-state index < -0.39 is 0 Å². The molecule has 0 saturated heterocycles. The zero-order valence-electron chi connectivity index (χ0n) is 12.5. The molecule has 0 N–H and O–H groups in total. The summed E-state index contributed by atoms with van der Waals surface area (Å²) in [5.41, 5.74) is 0.954. The van der Waals surface area contributed by atoms with Crippen LogP contribution in [0.1, 0.15) is 5.76 Å². The van der Waals surface area contributed by atoms with Gasteiger partial charge in [-0.15, -0.1) is 0 Å². The molecular weight excluding hydrogens is 296 g/mol. The number of aromatic nitrogens is 4. The van der Waals surface area contributed by atoms with Crippen LogP contribution in [0.25, 0.3) is 33.9 Å². The second-order valence-electron chi connectivity index (χ2n) is 5.16. The maximum Gasteiger partial charge on any atom is 0.275 e. The summed E-state index contributed by atoms with van der Waals surface area (Å²) < 4.78 is 12.0. The number of fused-ring (bicyclic) bond motifs is 1. The van der Waals surface area contributed by atoms with Gasteiger partial charge in [0.1, 0.15) is 11.5 Å². The van der Waals surface area contributed by atoms with E-state index in [2.05, 4.69) is 15.1 Å². The van der Waals surface area contributed by atoms with Crippen molar-refractivity contribution >= 4 is 10.8 Å². The first-order valence-corrected chi connectivity index (χ1v) is 6.98. The molecule has 0 fully saturated rings. The van der Waals surface area contributed by atoms with Crippen molar-refractivity contribution < 1.29 is 8.94 Å². The van der Waals surface area contributed by atoms with Crippen molar-refractivity contribution in [1.29, 1.82) is 0 Å². The van der Waals surface area contributed by atoms with Crippen molar-refractivity contribution in [1.82, 2.24) is 19.7 Å². The number of oxazole rings is 1. The molecule has 0 bridgehead atoms. The summed E-state index contributed by atoms with van der Waals surface area (Å²) in [4.78, 5) is 20.9. The minimum atomic E-state index is -0.115. The Morgan fingerprint density at radius 1 is 1.22 bits per heavy atom. The van der Waals surface area contributed by atoms with Gasteiger partial charge in [0.2, 0.25) is 5.82 Å². The number of rotatable bonds is 2. The van der Waals surface area contributed by atoms with E-state index in [1.165, 1.54) is 11.0 Å². The molecule has 0 aliphatic heterocycles. The van der Waals surface area contributed by atoms with Gasteiger partial charge in [-0.3, -0.25) is 4.79 Å². The Morgan fingerprint density at radius 3 is 2.83 bits per heavy atom. The molecular formula is C16H12N4O3. The van der Waals surface area contributed by atoms with E-state index in [4.69, 9.17) is 8.94 Å². The SMILES string of the molecule is Cc1ocnc1-c1noc(-c2cc3ccccc3c(=O)n2C)n1. The molecule has 0 unspecified atom stereocenters. The zero-order chi connectivity index (χ0) is 16.0. The number of benzene rings is 1. The van der Waals surface area contributed by atoms with E-state index in [1.54, 1.807) is 20.0 Å². The first kappa shape index (κ1) is 13.4. The lowest BCUT2D eigenvalue weighted by Crippen LogP contribution is -2.18. The number of pyridine rings is 1. The summed E-state index contributed by atoms with van der Waals surface area (Å²) in [6.45, 7) is 1.77. The van der Waals surface area contributed by atoms with E-state index in [0.717, 1.165) is 5.39 Å². The van der Waals surface area contributed by atoms with Gasteiger partial charge in [-0.1, -0.05) is 23.4 Å². The zero-order valence-corrected chi connectivity index (χ0v) is 12.5. The van der Waals surface area contributed by atoms with Gasteiger partial charge in [-0.05, 0) is 24.4 Å². The smallest absolute Gasteiger partial charge is 0.275 e. The first-order chi connectivity index (χ1) is 11.1. The summed E-state index contributed by atoms with van der Waals surface area (Å²) >= 11 is 0. The maximum atomic E-state index is 12.5. The van der Waals surface area contributed by atoms with Crippen molar-refractivity contribution in [2.24, 2.45) is 7.05 Å². The Labute approximate surface area is 130 Å². The van der Waals surface area contributed by atoms with Crippen LogP contribution in [0.5, 0.6) is 0 Å². The summed E-state index contributed by atoms with van der Waals surface area (Å²) in [6, 6.07) is 9.23. The van der Waals surface area contributed by atoms with Crippen molar-refractivity contribution in [3.8, 4) is 23.1 Å². The topological polar surface area (TPSA) is 87.0 Å². The third kappa shape index (κ3) is 2.05. The van der Waals surface area contributed by atoms with Crippen LogP contribution >= 0.6 is 0 Å². The molecule has 0 radical (unpaired) electrons. The Bertz CT molecular complexity index is 1070. The van der Waals surface area contributed by atoms with Gasteiger partial charge < -0.3 is 13.5 Å². The van der Waals surface area contributed by atoms with Crippen LogP contribution in [0.4, 0.5) is 0 Å². The number of aryl methyl sites for hydroxylation is 1. The van der Waals surface area contributed by atoms with Gasteiger partial charge in [0.25, 0.3) is 11.4 Å². The molecule has 114 valence electrons. The van der Waals surface area contributed by atoms with E-state index >= 15 is 0 Å². The molecule has 3 heterocycles. The molecule has 0 amide bonds. The van der Waals surface area contributed by atoms with Crippen molar-refractivity contribution in [3.63, 3.8) is 0 Å². The molecule has 4 rings (SSSR count). The first-order valence-electron chi connectivity index (χ1n) is 6.98. The summed E-state index contributed by atoms with van der Waals surface area (Å²) in [5, 5.41) is 5.39. The lowest BCUT2D eigenvalue weighted by molar-refractivity contribution is 0.428. The predicted octanol–water partition coefficient (Wildman–Crippen LogP) is 2.55. The summed E-state index contributed by atoms with van der Waals surface area (Å²) in [5.74, 6) is 1.18. The second kappa shape index (κ2) is 4.91. The fourth-order valence-corrected chi connectivity index (χ4v) is 2.50. The van der Waals surface area contributed by atoms with E-state index in [9.17, 15) is 4.79 Å². The lowest BCUT2D eigenvalue weighted by Gasteiger charge is -2.06. The molecule has 23 heavy (non-hydrogen) atoms. The normalized spacial score (nSPS) is 11.2. The largest absolute Gasteiger partial charge is 0.448 e. The van der Waals surface area contributed by atoms with Gasteiger partial charge in [0, 0.05) is 12.4 Å². The van der Waals surface area contributed by atoms with Crippen molar-refractivity contribution in [2.75, 3.05) is 0 Å². The van der Waals surface area contributed by atoms with E-state index in [-0.39, 0.29) is 11.4 Å². The van der Waals surface area contributed by atoms with Gasteiger partial charge in [0.15, 0.2) is 12.1 Å². The van der Waals surface area contributed by atoms with Gasteiger partial charge in [-0.2, -0.15) is 4.98 Å². The highest BCUT2D eigenvalue weighted by Crippen LogP contribution is 2.24.